The monoisotopic (exact) mass is 342 g/mol. The van der Waals surface area contributed by atoms with E-state index in [0.29, 0.717) is 30.0 Å². The summed E-state index contributed by atoms with van der Waals surface area (Å²) in [4.78, 5) is 28.2. The Morgan fingerprint density at radius 2 is 1.92 bits per heavy atom. The number of carbonyl (C=O) groups excluding carboxylic acids is 2. The van der Waals surface area contributed by atoms with Crippen LogP contribution in [0.1, 0.15) is 23.2 Å². The Morgan fingerprint density at radius 3 is 2.56 bits per heavy atom. The molecule has 0 spiro atoms. The van der Waals surface area contributed by atoms with Crippen LogP contribution in [-0.2, 0) is 4.79 Å². The van der Waals surface area contributed by atoms with Gasteiger partial charge in [-0.05, 0) is 42.8 Å². The lowest BCUT2D eigenvalue weighted by Gasteiger charge is -2.29. The number of anilines is 1. The summed E-state index contributed by atoms with van der Waals surface area (Å²) < 4.78 is 18.5. The van der Waals surface area contributed by atoms with Gasteiger partial charge >= 0.3 is 0 Å². The summed E-state index contributed by atoms with van der Waals surface area (Å²) in [6.07, 6.45) is 1.27. The minimum absolute atomic E-state index is 0.0202. The molecule has 25 heavy (non-hydrogen) atoms. The van der Waals surface area contributed by atoms with Crippen LogP contribution in [0.4, 0.5) is 10.1 Å². The average molecular weight is 342 g/mol. The minimum atomic E-state index is -0.407. The van der Waals surface area contributed by atoms with Crippen LogP contribution in [0.25, 0.3) is 0 Å². The number of para-hydroxylation sites is 2. The van der Waals surface area contributed by atoms with Crippen molar-refractivity contribution in [3.05, 3.63) is 59.9 Å². The summed E-state index contributed by atoms with van der Waals surface area (Å²) in [7, 11) is 1.53. The molecule has 0 aromatic heterocycles. The van der Waals surface area contributed by atoms with Crippen LogP contribution in [0.3, 0.4) is 0 Å². The van der Waals surface area contributed by atoms with Crippen molar-refractivity contribution in [3.8, 4) is 5.75 Å². The third-order valence-electron chi connectivity index (χ3n) is 4.20. The molecule has 0 radical (unpaired) electrons. The molecule has 0 bridgehead atoms. The first kappa shape index (κ1) is 17.0. The predicted molar refractivity (Wildman–Crippen MR) is 92.0 cm³/mol. The van der Waals surface area contributed by atoms with Gasteiger partial charge in [0.05, 0.1) is 12.8 Å². The molecule has 130 valence electrons. The number of halogens is 1. The van der Waals surface area contributed by atoms with Gasteiger partial charge in [0, 0.05) is 18.5 Å². The average Bonchev–Trinajstić information content (AvgIpc) is 3.04. The third-order valence-corrected chi connectivity index (χ3v) is 4.20. The van der Waals surface area contributed by atoms with E-state index in [-0.39, 0.29) is 18.5 Å². The van der Waals surface area contributed by atoms with Crippen LogP contribution in [-0.4, -0.2) is 37.0 Å². The molecule has 2 aromatic carbocycles. The van der Waals surface area contributed by atoms with Gasteiger partial charge in [0.15, 0.2) is 0 Å². The van der Waals surface area contributed by atoms with Crippen LogP contribution < -0.4 is 9.64 Å². The number of carbonyl (C=O) groups is 2. The van der Waals surface area contributed by atoms with Crippen molar-refractivity contribution in [3.63, 3.8) is 0 Å². The SMILES string of the molecule is COc1ccccc1N(CN1CCCC1=O)C(=O)c1ccc(F)cc1. The van der Waals surface area contributed by atoms with Gasteiger partial charge in [0.1, 0.15) is 18.2 Å². The second kappa shape index (κ2) is 7.34. The molecule has 1 aliphatic heterocycles. The molecule has 0 aliphatic carbocycles. The zero-order valence-electron chi connectivity index (χ0n) is 13.9. The van der Waals surface area contributed by atoms with Gasteiger partial charge in [0.2, 0.25) is 5.91 Å². The summed E-state index contributed by atoms with van der Waals surface area (Å²) in [6, 6.07) is 12.5. The Balaban J connectivity index is 1.97. The molecule has 1 aliphatic rings. The van der Waals surface area contributed by atoms with E-state index in [2.05, 4.69) is 0 Å². The fourth-order valence-electron chi connectivity index (χ4n) is 2.88. The van der Waals surface area contributed by atoms with Gasteiger partial charge in [-0.15, -0.1) is 0 Å². The summed E-state index contributed by atoms with van der Waals surface area (Å²) in [6.45, 7) is 0.747. The largest absolute Gasteiger partial charge is 0.495 e. The summed E-state index contributed by atoms with van der Waals surface area (Å²) >= 11 is 0. The molecule has 0 N–H and O–H groups in total. The van der Waals surface area contributed by atoms with Crippen molar-refractivity contribution in [2.24, 2.45) is 0 Å². The minimum Gasteiger partial charge on any atom is -0.495 e. The van der Waals surface area contributed by atoms with Crippen LogP contribution >= 0.6 is 0 Å². The highest BCUT2D eigenvalue weighted by Crippen LogP contribution is 2.30. The second-order valence-electron chi connectivity index (χ2n) is 5.81. The number of benzene rings is 2. The fraction of sp³-hybridized carbons (Fsp3) is 0.263. The molecule has 0 unspecified atom stereocenters. The van der Waals surface area contributed by atoms with E-state index < -0.39 is 5.82 Å². The van der Waals surface area contributed by atoms with Gasteiger partial charge in [-0.1, -0.05) is 12.1 Å². The number of hydrogen-bond acceptors (Lipinski definition) is 3. The van der Waals surface area contributed by atoms with Crippen molar-refractivity contribution < 1.29 is 18.7 Å². The van der Waals surface area contributed by atoms with E-state index in [1.807, 2.05) is 6.07 Å². The zero-order chi connectivity index (χ0) is 17.8. The molecule has 0 saturated carbocycles. The molecule has 2 aromatic rings. The first-order chi connectivity index (χ1) is 12.1. The number of amides is 2. The Kier molecular flexibility index (Phi) is 4.97. The van der Waals surface area contributed by atoms with E-state index in [1.165, 1.54) is 36.3 Å². The number of likely N-dealkylation sites (tertiary alicyclic amines) is 1. The van der Waals surface area contributed by atoms with Crippen molar-refractivity contribution in [2.45, 2.75) is 12.8 Å². The molecule has 3 rings (SSSR count). The zero-order valence-corrected chi connectivity index (χ0v) is 13.9. The molecule has 1 saturated heterocycles. The second-order valence-corrected chi connectivity index (χ2v) is 5.81. The van der Waals surface area contributed by atoms with Crippen LogP contribution in [0.15, 0.2) is 48.5 Å². The van der Waals surface area contributed by atoms with E-state index >= 15 is 0 Å². The lowest BCUT2D eigenvalue weighted by atomic mass is 10.1. The molecule has 1 fully saturated rings. The van der Waals surface area contributed by atoms with Crippen LogP contribution in [0.5, 0.6) is 5.75 Å². The molecule has 5 nitrogen and oxygen atoms in total. The molecular weight excluding hydrogens is 323 g/mol. The number of ether oxygens (including phenoxy) is 1. The smallest absolute Gasteiger partial charge is 0.259 e. The lowest BCUT2D eigenvalue weighted by Crippen LogP contribution is -2.42. The maximum atomic E-state index is 13.2. The molecular formula is C19H19FN2O3. The van der Waals surface area contributed by atoms with Crippen molar-refractivity contribution >= 4 is 17.5 Å². The van der Waals surface area contributed by atoms with Gasteiger partial charge in [0.25, 0.3) is 5.91 Å². The Labute approximate surface area is 145 Å². The number of nitrogens with zero attached hydrogens (tertiary/aromatic N) is 2. The highest BCUT2D eigenvalue weighted by molar-refractivity contribution is 6.07. The topological polar surface area (TPSA) is 49.9 Å². The highest BCUT2D eigenvalue weighted by atomic mass is 19.1. The summed E-state index contributed by atoms with van der Waals surface area (Å²) in [5.41, 5.74) is 0.915. The van der Waals surface area contributed by atoms with Crippen LogP contribution in [0, 0.1) is 5.82 Å². The molecule has 6 heteroatoms. The van der Waals surface area contributed by atoms with Gasteiger partial charge in [-0.25, -0.2) is 4.39 Å². The first-order valence-electron chi connectivity index (χ1n) is 8.08. The van der Waals surface area contributed by atoms with E-state index in [4.69, 9.17) is 4.74 Å². The maximum absolute atomic E-state index is 13.2. The molecule has 2 amide bonds. The molecule has 1 heterocycles. The maximum Gasteiger partial charge on any atom is 0.259 e. The first-order valence-corrected chi connectivity index (χ1v) is 8.08. The summed E-state index contributed by atoms with van der Waals surface area (Å²) in [5.74, 6) is -0.171. The molecule has 0 atom stereocenters. The van der Waals surface area contributed by atoms with Crippen molar-refractivity contribution in [1.29, 1.82) is 0 Å². The predicted octanol–water partition coefficient (Wildman–Crippen LogP) is 3.06. The van der Waals surface area contributed by atoms with E-state index in [1.54, 1.807) is 23.1 Å². The Hall–Kier alpha value is -2.89. The normalized spacial score (nSPS) is 13.8. The standard InChI is InChI=1S/C19H19FN2O3/c1-25-17-6-3-2-5-16(17)22(13-21-12-4-7-18(21)23)19(24)14-8-10-15(20)11-9-14/h2-3,5-6,8-11H,4,7,12-13H2,1H3. The Morgan fingerprint density at radius 1 is 1.20 bits per heavy atom. The number of methoxy groups -OCH3 is 1. The third kappa shape index (κ3) is 3.63. The quantitative estimate of drug-likeness (QED) is 0.839. The number of hydrogen-bond donors (Lipinski definition) is 0. The van der Waals surface area contributed by atoms with E-state index in [0.717, 1.165) is 6.42 Å². The summed E-state index contributed by atoms with van der Waals surface area (Å²) in [5, 5.41) is 0. The lowest BCUT2D eigenvalue weighted by molar-refractivity contribution is -0.127. The Bertz CT molecular complexity index is 776. The van der Waals surface area contributed by atoms with Gasteiger partial charge in [-0.3, -0.25) is 14.5 Å². The van der Waals surface area contributed by atoms with Gasteiger partial charge in [-0.2, -0.15) is 0 Å². The fourth-order valence-corrected chi connectivity index (χ4v) is 2.88. The number of rotatable bonds is 5. The van der Waals surface area contributed by atoms with Crippen molar-refractivity contribution in [1.82, 2.24) is 4.90 Å². The van der Waals surface area contributed by atoms with E-state index in [9.17, 15) is 14.0 Å². The van der Waals surface area contributed by atoms with Crippen LogP contribution in [0.2, 0.25) is 0 Å². The van der Waals surface area contributed by atoms with Crippen molar-refractivity contribution in [2.75, 3.05) is 25.2 Å². The highest BCUT2D eigenvalue weighted by Gasteiger charge is 2.27. The van der Waals surface area contributed by atoms with Gasteiger partial charge < -0.3 is 9.64 Å².